The van der Waals surface area contributed by atoms with E-state index in [1.807, 2.05) is 0 Å². The van der Waals surface area contributed by atoms with E-state index in [0.717, 1.165) is 26.2 Å². The van der Waals surface area contributed by atoms with Crippen molar-refractivity contribution >= 4 is 0 Å². The van der Waals surface area contributed by atoms with Crippen LogP contribution in [-0.2, 0) is 4.74 Å². The number of rotatable bonds is 7. The van der Waals surface area contributed by atoms with Gasteiger partial charge in [0, 0.05) is 25.0 Å². The highest BCUT2D eigenvalue weighted by atomic mass is 19.4. The number of morpholine rings is 1. The van der Waals surface area contributed by atoms with Crippen LogP contribution in [0.2, 0.25) is 0 Å². The summed E-state index contributed by atoms with van der Waals surface area (Å²) in [5.74, 6) is 0. The van der Waals surface area contributed by atoms with Gasteiger partial charge in [-0.15, -0.1) is 0 Å². The summed E-state index contributed by atoms with van der Waals surface area (Å²) in [6.45, 7) is 5.06. The van der Waals surface area contributed by atoms with Gasteiger partial charge < -0.3 is 15.4 Å². The summed E-state index contributed by atoms with van der Waals surface area (Å²) in [5, 5.41) is 6.61. The third kappa shape index (κ3) is 7.89. The molecule has 1 fully saturated rings. The number of unbranched alkanes of at least 4 members (excludes halogenated alkanes) is 1. The first-order valence-electron chi connectivity index (χ1n) is 6.58. The zero-order valence-corrected chi connectivity index (χ0v) is 10.9. The van der Waals surface area contributed by atoms with Crippen LogP contribution < -0.4 is 10.6 Å². The summed E-state index contributed by atoms with van der Waals surface area (Å²) >= 11 is 0. The maximum atomic E-state index is 11.9. The van der Waals surface area contributed by atoms with Gasteiger partial charge in [-0.25, -0.2) is 0 Å². The van der Waals surface area contributed by atoms with Gasteiger partial charge in [-0.2, -0.15) is 13.2 Å². The number of halogens is 3. The Morgan fingerprint density at radius 1 is 1.39 bits per heavy atom. The molecule has 0 bridgehead atoms. The fourth-order valence-corrected chi connectivity index (χ4v) is 2.08. The van der Waals surface area contributed by atoms with E-state index in [0.29, 0.717) is 25.0 Å². The van der Waals surface area contributed by atoms with E-state index in [2.05, 4.69) is 17.6 Å². The number of nitrogens with one attached hydrogen (secondary N) is 2. The van der Waals surface area contributed by atoms with Crippen molar-refractivity contribution < 1.29 is 17.9 Å². The lowest BCUT2D eigenvalue weighted by molar-refractivity contribution is -0.135. The first kappa shape index (κ1) is 15.7. The fraction of sp³-hybridized carbons (Fsp3) is 1.00. The highest BCUT2D eigenvalue weighted by molar-refractivity contribution is 4.75. The zero-order chi connectivity index (χ0) is 13.4. The van der Waals surface area contributed by atoms with Crippen LogP contribution in [0, 0.1) is 0 Å². The maximum Gasteiger partial charge on any atom is 0.389 e. The third-order valence-corrected chi connectivity index (χ3v) is 3.02. The Morgan fingerprint density at radius 3 is 2.78 bits per heavy atom. The van der Waals surface area contributed by atoms with Crippen molar-refractivity contribution in [2.24, 2.45) is 0 Å². The standard InChI is InChI=1S/C12H23F3N2O/c1-10(8-11-9-18-7-6-17-11)16-5-3-2-4-12(13,14)15/h10-11,16-17H,2-9H2,1H3. The summed E-state index contributed by atoms with van der Waals surface area (Å²) in [6.07, 6.45) is -2.98. The molecule has 0 spiro atoms. The Kier molecular flexibility index (Phi) is 6.96. The summed E-state index contributed by atoms with van der Waals surface area (Å²) in [4.78, 5) is 0. The van der Waals surface area contributed by atoms with Crippen LogP contribution >= 0.6 is 0 Å². The molecule has 2 N–H and O–H groups in total. The SMILES string of the molecule is CC(CC1COCCN1)NCCCCC(F)(F)F. The number of ether oxygens (including phenoxy) is 1. The Morgan fingerprint density at radius 2 is 2.17 bits per heavy atom. The van der Waals surface area contributed by atoms with Crippen molar-refractivity contribution in [1.82, 2.24) is 10.6 Å². The Hall–Kier alpha value is -0.330. The fourth-order valence-electron chi connectivity index (χ4n) is 2.08. The van der Waals surface area contributed by atoms with Crippen molar-refractivity contribution in [3.8, 4) is 0 Å². The van der Waals surface area contributed by atoms with E-state index in [1.165, 1.54) is 0 Å². The van der Waals surface area contributed by atoms with Crippen LogP contribution in [0.4, 0.5) is 13.2 Å². The second-order valence-electron chi connectivity index (χ2n) is 4.89. The molecule has 1 heterocycles. The minimum Gasteiger partial charge on any atom is -0.379 e. The van der Waals surface area contributed by atoms with Crippen LogP contribution in [0.1, 0.15) is 32.6 Å². The second-order valence-corrected chi connectivity index (χ2v) is 4.89. The molecule has 0 saturated carbocycles. The molecule has 2 unspecified atom stereocenters. The maximum absolute atomic E-state index is 11.9. The first-order valence-corrected chi connectivity index (χ1v) is 6.58. The average molecular weight is 268 g/mol. The number of alkyl halides is 3. The highest BCUT2D eigenvalue weighted by Crippen LogP contribution is 2.21. The van der Waals surface area contributed by atoms with Gasteiger partial charge in [0.25, 0.3) is 0 Å². The molecule has 0 aromatic heterocycles. The van der Waals surface area contributed by atoms with E-state index >= 15 is 0 Å². The predicted molar refractivity (Wildman–Crippen MR) is 64.6 cm³/mol. The van der Waals surface area contributed by atoms with Gasteiger partial charge >= 0.3 is 6.18 Å². The van der Waals surface area contributed by atoms with Gasteiger partial charge in [0.1, 0.15) is 0 Å². The predicted octanol–water partition coefficient (Wildman–Crippen LogP) is 2.08. The summed E-state index contributed by atoms with van der Waals surface area (Å²) in [6, 6.07) is 0.659. The summed E-state index contributed by atoms with van der Waals surface area (Å²) in [5.41, 5.74) is 0. The van der Waals surface area contributed by atoms with Crippen molar-refractivity contribution in [3.05, 3.63) is 0 Å². The lowest BCUT2D eigenvalue weighted by atomic mass is 10.1. The molecular formula is C12H23F3N2O. The van der Waals surface area contributed by atoms with Crippen LogP contribution in [-0.4, -0.2) is 44.6 Å². The smallest absolute Gasteiger partial charge is 0.379 e. The highest BCUT2D eigenvalue weighted by Gasteiger charge is 2.25. The molecule has 1 aliphatic heterocycles. The molecule has 6 heteroatoms. The molecule has 1 rings (SSSR count). The quantitative estimate of drug-likeness (QED) is 0.694. The number of hydrogen-bond acceptors (Lipinski definition) is 3. The summed E-state index contributed by atoms with van der Waals surface area (Å²) < 4.78 is 41.1. The monoisotopic (exact) mass is 268 g/mol. The van der Waals surface area contributed by atoms with Crippen LogP contribution in [0.3, 0.4) is 0 Å². The third-order valence-electron chi connectivity index (χ3n) is 3.02. The molecule has 0 radical (unpaired) electrons. The van der Waals surface area contributed by atoms with Gasteiger partial charge in [0.15, 0.2) is 0 Å². The number of hydrogen-bond donors (Lipinski definition) is 2. The molecule has 1 aliphatic rings. The van der Waals surface area contributed by atoms with E-state index in [4.69, 9.17) is 4.74 Å². The van der Waals surface area contributed by atoms with Gasteiger partial charge in [-0.05, 0) is 32.7 Å². The van der Waals surface area contributed by atoms with Crippen molar-refractivity contribution in [3.63, 3.8) is 0 Å². The molecule has 0 aromatic carbocycles. The van der Waals surface area contributed by atoms with E-state index in [1.54, 1.807) is 0 Å². The minimum absolute atomic E-state index is 0.202. The normalized spacial score (nSPS) is 23.0. The van der Waals surface area contributed by atoms with Gasteiger partial charge in [-0.1, -0.05) is 0 Å². The lowest BCUT2D eigenvalue weighted by Crippen LogP contribution is -2.45. The molecule has 0 aliphatic carbocycles. The molecule has 0 aromatic rings. The van der Waals surface area contributed by atoms with Crippen molar-refractivity contribution in [1.29, 1.82) is 0 Å². The zero-order valence-electron chi connectivity index (χ0n) is 10.9. The largest absolute Gasteiger partial charge is 0.389 e. The van der Waals surface area contributed by atoms with Crippen LogP contribution in [0.5, 0.6) is 0 Å². The molecule has 1 saturated heterocycles. The van der Waals surface area contributed by atoms with E-state index in [9.17, 15) is 13.2 Å². The second kappa shape index (κ2) is 7.96. The first-order chi connectivity index (χ1) is 8.47. The molecule has 18 heavy (non-hydrogen) atoms. The van der Waals surface area contributed by atoms with Gasteiger partial charge in [-0.3, -0.25) is 0 Å². The van der Waals surface area contributed by atoms with Crippen LogP contribution in [0.15, 0.2) is 0 Å². The summed E-state index contributed by atoms with van der Waals surface area (Å²) in [7, 11) is 0. The lowest BCUT2D eigenvalue weighted by Gasteiger charge is -2.26. The van der Waals surface area contributed by atoms with Gasteiger partial charge in [0.05, 0.1) is 13.2 Å². The molecule has 2 atom stereocenters. The van der Waals surface area contributed by atoms with Gasteiger partial charge in [0.2, 0.25) is 0 Å². The van der Waals surface area contributed by atoms with Crippen molar-refractivity contribution in [2.45, 2.75) is 50.9 Å². The molecular weight excluding hydrogens is 245 g/mol. The van der Waals surface area contributed by atoms with Crippen molar-refractivity contribution in [2.75, 3.05) is 26.3 Å². The Balaban J connectivity index is 1.97. The Labute approximate surface area is 106 Å². The Bertz CT molecular complexity index is 218. The molecule has 108 valence electrons. The minimum atomic E-state index is -4.02. The van der Waals surface area contributed by atoms with E-state index < -0.39 is 12.6 Å². The van der Waals surface area contributed by atoms with Crippen LogP contribution in [0.25, 0.3) is 0 Å². The molecule has 0 amide bonds. The topological polar surface area (TPSA) is 33.3 Å². The van der Waals surface area contributed by atoms with E-state index in [-0.39, 0.29) is 6.42 Å². The average Bonchev–Trinajstić information content (AvgIpc) is 2.28. The molecule has 3 nitrogen and oxygen atoms in total.